The van der Waals surface area contributed by atoms with E-state index in [4.69, 9.17) is 46.4 Å². The molecule has 0 aliphatic carbocycles. The maximum atomic E-state index is 6.41. The molecule has 3 rings (SSSR count). The van der Waals surface area contributed by atoms with Crippen molar-refractivity contribution in [3.8, 4) is 0 Å². The van der Waals surface area contributed by atoms with Crippen molar-refractivity contribution in [1.29, 1.82) is 0 Å². The van der Waals surface area contributed by atoms with Crippen LogP contribution in [0.15, 0.2) is 66.7 Å². The molecule has 0 atom stereocenters. The molecule has 0 bridgehead atoms. The van der Waals surface area contributed by atoms with Gasteiger partial charge in [-0.1, -0.05) is 46.4 Å². The van der Waals surface area contributed by atoms with Crippen molar-refractivity contribution in [3.05, 3.63) is 86.8 Å². The Kier molecular flexibility index (Phi) is 5.03. The summed E-state index contributed by atoms with van der Waals surface area (Å²) >= 11 is 24.4. The molecule has 0 aliphatic rings. The van der Waals surface area contributed by atoms with E-state index < -0.39 is 0 Å². The van der Waals surface area contributed by atoms with Gasteiger partial charge in [0.25, 0.3) is 0 Å². The summed E-state index contributed by atoms with van der Waals surface area (Å²) in [7, 11) is 0. The van der Waals surface area contributed by atoms with Gasteiger partial charge in [-0.15, -0.1) is 0 Å². The fourth-order valence-electron chi connectivity index (χ4n) is 2.27. The average molecular weight is 383 g/mol. The third kappa shape index (κ3) is 3.76. The van der Waals surface area contributed by atoms with Crippen molar-refractivity contribution in [3.63, 3.8) is 0 Å². The molecule has 1 nitrogen and oxygen atoms in total. The van der Waals surface area contributed by atoms with Gasteiger partial charge in [0.1, 0.15) is 0 Å². The normalized spacial score (nSPS) is 10.6. The first-order valence-electron chi connectivity index (χ1n) is 6.81. The standard InChI is InChI=1S/C18H11Cl4N/c19-12-1-6-15(7-2-12)23(16-8-3-13(20)4-9-16)18-10-5-14(21)11-17(18)22/h1-11H. The lowest BCUT2D eigenvalue weighted by atomic mass is 10.2. The summed E-state index contributed by atoms with van der Waals surface area (Å²) in [6.07, 6.45) is 0. The highest BCUT2D eigenvalue weighted by Gasteiger charge is 2.15. The molecule has 0 amide bonds. The molecule has 116 valence electrons. The summed E-state index contributed by atoms with van der Waals surface area (Å²) in [4.78, 5) is 2.02. The molecule has 23 heavy (non-hydrogen) atoms. The van der Waals surface area contributed by atoms with E-state index in [1.165, 1.54) is 0 Å². The maximum Gasteiger partial charge on any atom is 0.0661 e. The minimum atomic E-state index is 0.558. The molecule has 3 aromatic rings. The van der Waals surface area contributed by atoms with E-state index in [-0.39, 0.29) is 0 Å². The molecular weight excluding hydrogens is 372 g/mol. The summed E-state index contributed by atoms with van der Waals surface area (Å²) < 4.78 is 0. The average Bonchev–Trinajstić information content (AvgIpc) is 2.53. The van der Waals surface area contributed by atoms with Crippen molar-refractivity contribution in [2.75, 3.05) is 4.90 Å². The minimum absolute atomic E-state index is 0.558. The lowest BCUT2D eigenvalue weighted by Crippen LogP contribution is -2.10. The first kappa shape index (κ1) is 16.5. The molecule has 0 aliphatic heterocycles. The van der Waals surface area contributed by atoms with Crippen LogP contribution < -0.4 is 4.90 Å². The van der Waals surface area contributed by atoms with Crippen LogP contribution in [0, 0.1) is 0 Å². The Balaban J connectivity index is 2.16. The smallest absolute Gasteiger partial charge is 0.0661 e. The monoisotopic (exact) mass is 381 g/mol. The molecular formula is C18H11Cl4N. The van der Waals surface area contributed by atoms with E-state index in [2.05, 4.69) is 0 Å². The summed E-state index contributed by atoms with van der Waals surface area (Å²) in [6.45, 7) is 0. The molecule has 0 heterocycles. The number of nitrogens with zero attached hydrogens (tertiary/aromatic N) is 1. The first-order valence-corrected chi connectivity index (χ1v) is 8.32. The van der Waals surface area contributed by atoms with Crippen LogP contribution in [0.1, 0.15) is 0 Å². The van der Waals surface area contributed by atoms with E-state index in [0.717, 1.165) is 17.1 Å². The summed E-state index contributed by atoms with van der Waals surface area (Å²) in [6, 6.07) is 20.5. The number of hydrogen-bond donors (Lipinski definition) is 0. The van der Waals surface area contributed by atoms with E-state index in [1.54, 1.807) is 6.07 Å². The van der Waals surface area contributed by atoms with Crippen LogP contribution in [-0.4, -0.2) is 0 Å². The van der Waals surface area contributed by atoms with Crippen LogP contribution in [-0.2, 0) is 0 Å². The van der Waals surface area contributed by atoms with E-state index >= 15 is 0 Å². The Hall–Kier alpha value is -1.38. The zero-order chi connectivity index (χ0) is 16.4. The Morgan fingerprint density at radius 1 is 0.522 bits per heavy atom. The lowest BCUT2D eigenvalue weighted by Gasteiger charge is -2.26. The van der Waals surface area contributed by atoms with Gasteiger partial charge in [-0.3, -0.25) is 0 Å². The van der Waals surface area contributed by atoms with Gasteiger partial charge in [0.15, 0.2) is 0 Å². The van der Waals surface area contributed by atoms with Gasteiger partial charge in [0.05, 0.1) is 10.7 Å². The third-order valence-corrected chi connectivity index (χ3v) is 4.36. The Bertz CT molecular complexity index is 768. The second-order valence-corrected chi connectivity index (χ2v) is 6.60. The molecule has 0 radical (unpaired) electrons. The van der Waals surface area contributed by atoms with Crippen molar-refractivity contribution >= 4 is 63.5 Å². The van der Waals surface area contributed by atoms with Gasteiger partial charge >= 0.3 is 0 Å². The van der Waals surface area contributed by atoms with Crippen LogP contribution in [0.5, 0.6) is 0 Å². The fraction of sp³-hybridized carbons (Fsp3) is 0. The van der Waals surface area contributed by atoms with Gasteiger partial charge in [0, 0.05) is 26.4 Å². The van der Waals surface area contributed by atoms with Crippen molar-refractivity contribution < 1.29 is 0 Å². The first-order chi connectivity index (χ1) is 11.0. The predicted molar refractivity (Wildman–Crippen MR) is 101 cm³/mol. The summed E-state index contributed by atoms with van der Waals surface area (Å²) in [5, 5.41) is 2.49. The third-order valence-electron chi connectivity index (χ3n) is 3.32. The van der Waals surface area contributed by atoms with Gasteiger partial charge < -0.3 is 4.90 Å². The van der Waals surface area contributed by atoms with Gasteiger partial charge in [0.2, 0.25) is 0 Å². The molecule has 0 N–H and O–H groups in total. The zero-order valence-electron chi connectivity index (χ0n) is 11.8. The maximum absolute atomic E-state index is 6.41. The minimum Gasteiger partial charge on any atom is -0.309 e. The number of halogens is 4. The van der Waals surface area contributed by atoms with Crippen molar-refractivity contribution in [2.24, 2.45) is 0 Å². The fourth-order valence-corrected chi connectivity index (χ4v) is 3.02. The van der Waals surface area contributed by atoms with Crippen LogP contribution in [0.4, 0.5) is 17.1 Å². The van der Waals surface area contributed by atoms with Crippen molar-refractivity contribution in [1.82, 2.24) is 0 Å². The molecule has 0 saturated heterocycles. The Labute approximate surface area is 155 Å². The van der Waals surface area contributed by atoms with E-state index in [0.29, 0.717) is 20.1 Å². The molecule has 5 heteroatoms. The quantitative estimate of drug-likeness (QED) is 0.447. The Morgan fingerprint density at radius 3 is 1.39 bits per heavy atom. The second kappa shape index (κ2) is 7.02. The van der Waals surface area contributed by atoms with Crippen LogP contribution in [0.25, 0.3) is 0 Å². The topological polar surface area (TPSA) is 3.24 Å². The number of hydrogen-bond acceptors (Lipinski definition) is 1. The predicted octanol–water partition coefficient (Wildman–Crippen LogP) is 7.77. The van der Waals surface area contributed by atoms with Crippen molar-refractivity contribution in [2.45, 2.75) is 0 Å². The molecule has 0 saturated carbocycles. The van der Waals surface area contributed by atoms with E-state index in [1.807, 2.05) is 65.6 Å². The number of benzene rings is 3. The lowest BCUT2D eigenvalue weighted by molar-refractivity contribution is 1.28. The highest BCUT2D eigenvalue weighted by molar-refractivity contribution is 6.36. The van der Waals surface area contributed by atoms with Crippen LogP contribution >= 0.6 is 46.4 Å². The number of rotatable bonds is 3. The zero-order valence-corrected chi connectivity index (χ0v) is 14.8. The SMILES string of the molecule is Clc1ccc(N(c2ccc(Cl)cc2)c2ccc(Cl)cc2Cl)cc1. The van der Waals surface area contributed by atoms with Gasteiger partial charge in [-0.05, 0) is 66.7 Å². The largest absolute Gasteiger partial charge is 0.309 e. The van der Waals surface area contributed by atoms with Gasteiger partial charge in [-0.25, -0.2) is 0 Å². The van der Waals surface area contributed by atoms with E-state index in [9.17, 15) is 0 Å². The van der Waals surface area contributed by atoms with Crippen LogP contribution in [0.3, 0.4) is 0 Å². The highest BCUT2D eigenvalue weighted by atomic mass is 35.5. The summed E-state index contributed by atoms with van der Waals surface area (Å²) in [5.41, 5.74) is 2.68. The van der Waals surface area contributed by atoms with Gasteiger partial charge in [-0.2, -0.15) is 0 Å². The van der Waals surface area contributed by atoms with Crippen LogP contribution in [0.2, 0.25) is 20.1 Å². The molecule has 0 spiro atoms. The molecule has 3 aromatic carbocycles. The molecule has 0 fully saturated rings. The molecule has 0 aromatic heterocycles. The molecule has 0 unspecified atom stereocenters. The number of anilines is 3. The second-order valence-electron chi connectivity index (χ2n) is 4.88. The Morgan fingerprint density at radius 2 is 0.957 bits per heavy atom. The summed E-state index contributed by atoms with van der Waals surface area (Å²) in [5.74, 6) is 0. The highest BCUT2D eigenvalue weighted by Crippen LogP contribution is 2.40.